The molecular weight excluding hydrogens is 430 g/mol. The van der Waals surface area contributed by atoms with Gasteiger partial charge in [-0.15, -0.1) is 11.8 Å². The molecule has 1 amide bonds. The zero-order valence-electron chi connectivity index (χ0n) is 14.6. The molecule has 0 aliphatic carbocycles. The summed E-state index contributed by atoms with van der Waals surface area (Å²) in [5.41, 5.74) is 1.97. The van der Waals surface area contributed by atoms with Crippen molar-refractivity contribution >= 4 is 33.6 Å². The van der Waals surface area contributed by atoms with Gasteiger partial charge in [-0.2, -0.15) is 4.98 Å². The van der Waals surface area contributed by atoms with E-state index in [-0.39, 0.29) is 12.5 Å². The molecule has 3 aromatic rings. The van der Waals surface area contributed by atoms with Crippen molar-refractivity contribution in [3.05, 3.63) is 64.5 Å². The van der Waals surface area contributed by atoms with Crippen LogP contribution in [-0.2, 0) is 17.1 Å². The van der Waals surface area contributed by atoms with Gasteiger partial charge in [-0.3, -0.25) is 4.79 Å². The normalized spacial score (nSPS) is 10.6. The zero-order valence-corrected chi connectivity index (χ0v) is 17.0. The van der Waals surface area contributed by atoms with Crippen molar-refractivity contribution in [3.8, 4) is 17.1 Å². The summed E-state index contributed by atoms with van der Waals surface area (Å²) in [6.07, 6.45) is 0. The minimum absolute atomic E-state index is 0.0711. The number of carbonyl (C=O) groups excluding carboxylic acids is 1. The molecule has 1 N–H and O–H groups in total. The van der Waals surface area contributed by atoms with Gasteiger partial charge in [0.2, 0.25) is 17.6 Å². The van der Waals surface area contributed by atoms with Crippen molar-refractivity contribution in [1.29, 1.82) is 0 Å². The number of hydrogen-bond acceptors (Lipinski definition) is 6. The monoisotopic (exact) mass is 447 g/mol. The van der Waals surface area contributed by atoms with Crippen molar-refractivity contribution < 1.29 is 14.1 Å². The number of rotatable bonds is 8. The van der Waals surface area contributed by atoms with Crippen LogP contribution in [-0.4, -0.2) is 28.9 Å². The lowest BCUT2D eigenvalue weighted by molar-refractivity contribution is -0.118. The molecule has 1 heterocycles. The van der Waals surface area contributed by atoms with Crippen molar-refractivity contribution in [2.24, 2.45) is 0 Å². The molecule has 0 spiro atoms. The molecule has 0 saturated carbocycles. The number of methoxy groups -OCH3 is 1. The van der Waals surface area contributed by atoms with Crippen molar-refractivity contribution in [3.63, 3.8) is 0 Å². The van der Waals surface area contributed by atoms with Crippen molar-refractivity contribution in [2.75, 3.05) is 12.9 Å². The Balaban J connectivity index is 1.45. The maximum absolute atomic E-state index is 12.0. The molecule has 0 bridgehead atoms. The van der Waals surface area contributed by atoms with Crippen LogP contribution in [0.15, 0.2) is 57.5 Å². The Morgan fingerprint density at radius 3 is 2.85 bits per heavy atom. The lowest BCUT2D eigenvalue weighted by atomic mass is 10.2. The van der Waals surface area contributed by atoms with Crippen LogP contribution >= 0.6 is 27.7 Å². The third-order valence-electron chi connectivity index (χ3n) is 3.65. The van der Waals surface area contributed by atoms with Gasteiger partial charge in [0.1, 0.15) is 5.75 Å². The number of halogens is 1. The highest BCUT2D eigenvalue weighted by atomic mass is 79.9. The van der Waals surface area contributed by atoms with Crippen LogP contribution in [0.3, 0.4) is 0 Å². The maximum Gasteiger partial charge on any atom is 0.246 e. The Kier molecular flexibility index (Phi) is 6.89. The van der Waals surface area contributed by atoms with Gasteiger partial charge in [0.25, 0.3) is 0 Å². The summed E-state index contributed by atoms with van der Waals surface area (Å²) in [4.78, 5) is 16.3. The number of benzene rings is 2. The highest BCUT2D eigenvalue weighted by Gasteiger charge is 2.10. The molecule has 0 radical (unpaired) electrons. The van der Waals surface area contributed by atoms with E-state index in [0.29, 0.717) is 17.5 Å². The van der Waals surface area contributed by atoms with Gasteiger partial charge < -0.3 is 14.6 Å². The molecule has 8 heteroatoms. The minimum Gasteiger partial charge on any atom is -0.497 e. The zero-order chi connectivity index (χ0) is 19.1. The van der Waals surface area contributed by atoms with E-state index >= 15 is 0 Å². The summed E-state index contributed by atoms with van der Waals surface area (Å²) in [5.74, 6) is 2.61. The number of ether oxygens (including phenoxy) is 1. The quantitative estimate of drug-likeness (QED) is 0.560. The van der Waals surface area contributed by atoms with E-state index in [1.165, 1.54) is 5.56 Å². The van der Waals surface area contributed by atoms with Crippen LogP contribution in [0.2, 0.25) is 0 Å². The molecule has 0 saturated heterocycles. The van der Waals surface area contributed by atoms with Gasteiger partial charge in [-0.05, 0) is 29.8 Å². The Bertz CT molecular complexity index is 899. The molecule has 1 aromatic heterocycles. The smallest absolute Gasteiger partial charge is 0.246 e. The van der Waals surface area contributed by atoms with Crippen molar-refractivity contribution in [2.45, 2.75) is 12.3 Å². The predicted octanol–water partition coefficient (Wildman–Crippen LogP) is 4.06. The third kappa shape index (κ3) is 5.83. The molecule has 0 unspecified atom stereocenters. The van der Waals surface area contributed by atoms with Crippen LogP contribution in [0.4, 0.5) is 0 Å². The van der Waals surface area contributed by atoms with E-state index in [1.54, 1.807) is 18.9 Å². The van der Waals surface area contributed by atoms with Crippen LogP contribution in [0.25, 0.3) is 11.4 Å². The first-order chi connectivity index (χ1) is 13.1. The van der Waals surface area contributed by atoms with Crippen LogP contribution < -0.4 is 10.1 Å². The summed E-state index contributed by atoms with van der Waals surface area (Å²) in [7, 11) is 1.60. The summed E-state index contributed by atoms with van der Waals surface area (Å²) in [5, 5.41) is 6.74. The van der Waals surface area contributed by atoms with Gasteiger partial charge in [0.15, 0.2) is 0 Å². The summed E-state index contributed by atoms with van der Waals surface area (Å²) in [6.45, 7) is 0.203. The molecule has 6 nitrogen and oxygen atoms in total. The highest BCUT2D eigenvalue weighted by molar-refractivity contribution is 9.10. The van der Waals surface area contributed by atoms with E-state index in [4.69, 9.17) is 9.26 Å². The number of hydrogen-bond donors (Lipinski definition) is 1. The van der Waals surface area contributed by atoms with E-state index in [9.17, 15) is 4.79 Å². The largest absolute Gasteiger partial charge is 0.497 e. The lowest BCUT2D eigenvalue weighted by Crippen LogP contribution is -2.24. The van der Waals surface area contributed by atoms with E-state index in [0.717, 1.165) is 21.5 Å². The van der Waals surface area contributed by atoms with Gasteiger partial charge in [0, 0.05) is 15.8 Å². The van der Waals surface area contributed by atoms with Gasteiger partial charge in [-0.25, -0.2) is 0 Å². The Morgan fingerprint density at radius 1 is 1.26 bits per heavy atom. The molecule has 27 heavy (non-hydrogen) atoms. The Morgan fingerprint density at radius 2 is 2.07 bits per heavy atom. The number of thioether (sulfide) groups is 1. The minimum atomic E-state index is -0.0711. The average molecular weight is 448 g/mol. The first kappa shape index (κ1) is 19.4. The summed E-state index contributed by atoms with van der Waals surface area (Å²) < 4.78 is 11.4. The number of aromatic nitrogens is 2. The molecule has 0 aliphatic heterocycles. The summed E-state index contributed by atoms with van der Waals surface area (Å²) in [6, 6.07) is 15.4. The number of amides is 1. The highest BCUT2D eigenvalue weighted by Crippen LogP contribution is 2.21. The van der Waals surface area contributed by atoms with Crippen LogP contribution in [0.1, 0.15) is 11.5 Å². The predicted molar refractivity (Wildman–Crippen MR) is 108 cm³/mol. The molecule has 3 rings (SSSR count). The lowest BCUT2D eigenvalue weighted by Gasteiger charge is -2.03. The van der Waals surface area contributed by atoms with Crippen LogP contribution in [0, 0.1) is 0 Å². The first-order valence-electron chi connectivity index (χ1n) is 8.20. The number of nitrogens with zero attached hydrogens (tertiary/aromatic N) is 2. The fourth-order valence-corrected chi connectivity index (χ4v) is 3.36. The second-order valence-electron chi connectivity index (χ2n) is 5.64. The van der Waals surface area contributed by atoms with Crippen molar-refractivity contribution in [1.82, 2.24) is 15.5 Å². The molecule has 0 fully saturated rings. The number of carbonyl (C=O) groups is 1. The van der Waals surface area contributed by atoms with Gasteiger partial charge >= 0.3 is 0 Å². The number of nitrogens with one attached hydrogen (secondary N) is 1. The van der Waals surface area contributed by atoms with Gasteiger partial charge in [-0.1, -0.05) is 45.4 Å². The fourth-order valence-electron chi connectivity index (χ4n) is 2.27. The molecule has 2 aromatic carbocycles. The SMILES string of the molecule is COc1cccc(-c2noc(CNC(=O)CSCc3ccc(Br)cc3)n2)c1. The van der Waals surface area contributed by atoms with E-state index in [2.05, 4.69) is 31.4 Å². The maximum atomic E-state index is 12.0. The standard InChI is InChI=1S/C19H18BrN3O3S/c1-25-16-4-2-3-14(9-16)19-22-18(26-23-19)10-21-17(24)12-27-11-13-5-7-15(20)8-6-13/h2-9H,10-12H2,1H3,(H,21,24). The second kappa shape index (κ2) is 9.57. The molecule has 0 atom stereocenters. The topological polar surface area (TPSA) is 77.3 Å². The average Bonchev–Trinajstić information content (AvgIpc) is 3.17. The summed E-state index contributed by atoms with van der Waals surface area (Å²) >= 11 is 4.96. The molecule has 140 valence electrons. The van der Waals surface area contributed by atoms with E-state index < -0.39 is 0 Å². The molecule has 0 aliphatic rings. The van der Waals surface area contributed by atoms with E-state index in [1.807, 2.05) is 48.5 Å². The third-order valence-corrected chi connectivity index (χ3v) is 5.18. The second-order valence-corrected chi connectivity index (χ2v) is 7.54. The first-order valence-corrected chi connectivity index (χ1v) is 10.1. The fraction of sp³-hybridized carbons (Fsp3) is 0.211. The Hall–Kier alpha value is -2.32. The van der Waals surface area contributed by atoms with Gasteiger partial charge in [0.05, 0.1) is 19.4 Å². The van der Waals surface area contributed by atoms with Crippen LogP contribution in [0.5, 0.6) is 5.75 Å². The Labute approximate surface area is 169 Å². The molecular formula is C19H18BrN3O3S.